The number of fused-ring (bicyclic) bond motifs is 1. The highest BCUT2D eigenvalue weighted by Crippen LogP contribution is 2.22. The minimum Gasteiger partial charge on any atom is -0.370 e. The second kappa shape index (κ2) is 6.67. The number of nitrogens with zero attached hydrogens (tertiary/aromatic N) is 1. The van der Waals surface area contributed by atoms with Crippen LogP contribution in [-0.4, -0.2) is 23.3 Å². The lowest BCUT2D eigenvalue weighted by molar-refractivity contribution is -0.118. The van der Waals surface area contributed by atoms with Crippen LogP contribution in [0.2, 0.25) is 0 Å². The molecule has 0 fully saturated rings. The van der Waals surface area contributed by atoms with Crippen molar-refractivity contribution in [1.29, 1.82) is 0 Å². The van der Waals surface area contributed by atoms with Gasteiger partial charge in [0.25, 0.3) is 5.91 Å². The van der Waals surface area contributed by atoms with E-state index in [9.17, 15) is 9.59 Å². The molecule has 1 aromatic carbocycles. The van der Waals surface area contributed by atoms with Gasteiger partial charge in [0, 0.05) is 18.4 Å². The first-order valence-corrected chi connectivity index (χ1v) is 6.54. The number of rotatable bonds is 6. The molecule has 0 unspecified atom stereocenters. The molecule has 2 amide bonds. The van der Waals surface area contributed by atoms with E-state index >= 15 is 0 Å². The molecule has 7 heteroatoms. The average molecular weight is 287 g/mol. The van der Waals surface area contributed by atoms with Crippen molar-refractivity contribution in [1.82, 2.24) is 10.3 Å². The minimum absolute atomic E-state index is 0.237. The molecule has 110 valence electrons. The molecule has 6 N–H and O–H groups in total. The largest absolute Gasteiger partial charge is 0.370 e. The van der Waals surface area contributed by atoms with E-state index in [1.54, 1.807) is 12.1 Å². The summed E-state index contributed by atoms with van der Waals surface area (Å²) in [5.74, 6) is 4.77. The smallest absolute Gasteiger partial charge is 0.269 e. The van der Waals surface area contributed by atoms with Gasteiger partial charge in [-0.25, -0.2) is 4.98 Å². The molecule has 2 rings (SSSR count). The molecule has 0 atom stereocenters. The molecule has 21 heavy (non-hydrogen) atoms. The molecular weight excluding hydrogens is 270 g/mol. The van der Waals surface area contributed by atoms with E-state index in [-0.39, 0.29) is 23.9 Å². The quantitative estimate of drug-likeness (QED) is 0.350. The molecular formula is C14H17N5O2. The number of amides is 2. The molecule has 0 aliphatic rings. The molecule has 7 nitrogen and oxygen atoms in total. The van der Waals surface area contributed by atoms with Gasteiger partial charge in [0.05, 0.1) is 11.2 Å². The van der Waals surface area contributed by atoms with Gasteiger partial charge in [0.15, 0.2) is 0 Å². The number of pyridine rings is 1. The number of nitrogens with two attached hydrogens (primary N) is 2. The van der Waals surface area contributed by atoms with Gasteiger partial charge in [-0.05, 0) is 18.6 Å². The molecule has 0 saturated heterocycles. The SMILES string of the molecule is NNc1cc(C(=O)NCCCC(N)=O)nc2ccccc12. The first kappa shape index (κ1) is 14.7. The van der Waals surface area contributed by atoms with Crippen molar-refractivity contribution in [3.8, 4) is 0 Å². The van der Waals surface area contributed by atoms with Crippen LogP contribution >= 0.6 is 0 Å². The first-order chi connectivity index (χ1) is 10.1. The van der Waals surface area contributed by atoms with Crippen molar-refractivity contribution in [3.05, 3.63) is 36.0 Å². The monoisotopic (exact) mass is 287 g/mol. The Labute approximate surface area is 121 Å². The highest BCUT2D eigenvalue weighted by molar-refractivity contribution is 5.99. The lowest BCUT2D eigenvalue weighted by Gasteiger charge is -2.09. The number of aromatic nitrogens is 1. The van der Waals surface area contributed by atoms with Gasteiger partial charge in [-0.3, -0.25) is 15.4 Å². The van der Waals surface area contributed by atoms with E-state index in [0.717, 1.165) is 5.39 Å². The number of hydrogen-bond acceptors (Lipinski definition) is 5. The van der Waals surface area contributed by atoms with Crippen molar-refractivity contribution in [2.24, 2.45) is 11.6 Å². The average Bonchev–Trinajstić information content (AvgIpc) is 2.50. The Morgan fingerprint density at radius 3 is 2.71 bits per heavy atom. The molecule has 1 heterocycles. The lowest BCUT2D eigenvalue weighted by atomic mass is 10.1. The van der Waals surface area contributed by atoms with Crippen LogP contribution in [0.15, 0.2) is 30.3 Å². The van der Waals surface area contributed by atoms with Crippen LogP contribution < -0.4 is 22.3 Å². The van der Waals surface area contributed by atoms with Crippen molar-refractivity contribution in [3.63, 3.8) is 0 Å². The van der Waals surface area contributed by atoms with E-state index in [0.29, 0.717) is 24.2 Å². The predicted octanol–water partition coefficient (Wildman–Crippen LogP) is 0.516. The maximum absolute atomic E-state index is 12.0. The van der Waals surface area contributed by atoms with Crippen LogP contribution in [0.5, 0.6) is 0 Å². The minimum atomic E-state index is -0.386. The summed E-state index contributed by atoms with van der Waals surface area (Å²) < 4.78 is 0. The molecule has 0 saturated carbocycles. The summed E-state index contributed by atoms with van der Waals surface area (Å²) in [6.45, 7) is 0.363. The van der Waals surface area contributed by atoms with Gasteiger partial charge < -0.3 is 16.5 Å². The zero-order chi connectivity index (χ0) is 15.2. The van der Waals surface area contributed by atoms with E-state index in [1.807, 2.05) is 18.2 Å². The third-order valence-electron chi connectivity index (χ3n) is 2.99. The van der Waals surface area contributed by atoms with Crippen LogP contribution in [0, 0.1) is 0 Å². The Morgan fingerprint density at radius 2 is 2.00 bits per heavy atom. The number of hydrogen-bond donors (Lipinski definition) is 4. The fourth-order valence-electron chi connectivity index (χ4n) is 1.97. The molecule has 0 aliphatic carbocycles. The fraction of sp³-hybridized carbons (Fsp3) is 0.214. The van der Waals surface area contributed by atoms with Crippen molar-refractivity contribution >= 4 is 28.4 Å². The summed E-state index contributed by atoms with van der Waals surface area (Å²) >= 11 is 0. The zero-order valence-corrected chi connectivity index (χ0v) is 11.4. The highest BCUT2D eigenvalue weighted by atomic mass is 16.2. The van der Waals surface area contributed by atoms with Crippen LogP contribution in [-0.2, 0) is 4.79 Å². The van der Waals surface area contributed by atoms with Gasteiger partial charge in [0.2, 0.25) is 5.91 Å². The van der Waals surface area contributed by atoms with Crippen molar-refractivity contribution < 1.29 is 9.59 Å². The third kappa shape index (κ3) is 3.67. The van der Waals surface area contributed by atoms with E-state index in [1.165, 1.54) is 0 Å². The third-order valence-corrected chi connectivity index (χ3v) is 2.99. The van der Waals surface area contributed by atoms with E-state index < -0.39 is 0 Å². The van der Waals surface area contributed by atoms with Crippen molar-refractivity contribution in [2.45, 2.75) is 12.8 Å². The second-order valence-corrected chi connectivity index (χ2v) is 4.54. The van der Waals surface area contributed by atoms with Gasteiger partial charge in [-0.2, -0.15) is 0 Å². The van der Waals surface area contributed by atoms with E-state index in [4.69, 9.17) is 11.6 Å². The van der Waals surface area contributed by atoms with Crippen LogP contribution in [0.4, 0.5) is 5.69 Å². The topological polar surface area (TPSA) is 123 Å². The van der Waals surface area contributed by atoms with Crippen LogP contribution in [0.1, 0.15) is 23.3 Å². The summed E-state index contributed by atoms with van der Waals surface area (Å²) in [5, 5.41) is 3.53. The first-order valence-electron chi connectivity index (χ1n) is 6.54. The zero-order valence-electron chi connectivity index (χ0n) is 11.4. The standard InChI is InChI=1S/C14H17N5O2/c15-13(20)6-3-7-17-14(21)12-8-11(19-16)9-4-1-2-5-10(9)18-12/h1-2,4-5,8H,3,6-7,16H2,(H2,15,20)(H,17,21)(H,18,19). The Balaban J connectivity index is 2.14. The normalized spacial score (nSPS) is 10.3. The van der Waals surface area contributed by atoms with Crippen LogP contribution in [0.25, 0.3) is 10.9 Å². The van der Waals surface area contributed by atoms with Crippen LogP contribution in [0.3, 0.4) is 0 Å². The van der Waals surface area contributed by atoms with E-state index in [2.05, 4.69) is 15.7 Å². The number of carbonyl (C=O) groups excluding carboxylic acids is 2. The number of nitrogen functional groups attached to an aromatic ring is 1. The summed E-state index contributed by atoms with van der Waals surface area (Å²) in [6, 6.07) is 8.97. The number of primary amides is 1. The maximum Gasteiger partial charge on any atom is 0.269 e. The molecule has 0 spiro atoms. The number of anilines is 1. The number of para-hydroxylation sites is 1. The molecule has 2 aromatic rings. The number of benzene rings is 1. The highest BCUT2D eigenvalue weighted by Gasteiger charge is 2.11. The number of carbonyl (C=O) groups is 2. The Kier molecular flexibility index (Phi) is 4.68. The maximum atomic E-state index is 12.0. The summed E-state index contributed by atoms with van der Waals surface area (Å²) in [5.41, 5.74) is 9.17. The number of nitrogens with one attached hydrogen (secondary N) is 2. The summed E-state index contributed by atoms with van der Waals surface area (Å²) in [7, 11) is 0. The second-order valence-electron chi connectivity index (χ2n) is 4.54. The number of hydrazine groups is 1. The Morgan fingerprint density at radius 1 is 1.24 bits per heavy atom. The Hall–Kier alpha value is -2.67. The van der Waals surface area contributed by atoms with Gasteiger partial charge in [0.1, 0.15) is 5.69 Å². The van der Waals surface area contributed by atoms with Gasteiger partial charge >= 0.3 is 0 Å². The summed E-state index contributed by atoms with van der Waals surface area (Å²) in [6.07, 6.45) is 0.734. The fourth-order valence-corrected chi connectivity index (χ4v) is 1.97. The Bertz CT molecular complexity index is 671. The van der Waals surface area contributed by atoms with Crippen molar-refractivity contribution in [2.75, 3.05) is 12.0 Å². The molecule has 0 bridgehead atoms. The summed E-state index contributed by atoms with van der Waals surface area (Å²) in [4.78, 5) is 27.0. The van der Waals surface area contributed by atoms with Gasteiger partial charge in [-0.15, -0.1) is 0 Å². The predicted molar refractivity (Wildman–Crippen MR) is 80.3 cm³/mol. The molecule has 0 radical (unpaired) electrons. The van der Waals surface area contributed by atoms with Gasteiger partial charge in [-0.1, -0.05) is 18.2 Å². The lowest BCUT2D eigenvalue weighted by Crippen LogP contribution is -2.26. The molecule has 1 aromatic heterocycles. The molecule has 0 aliphatic heterocycles.